The molecule has 0 saturated carbocycles. The molecule has 114 valence electrons. The van der Waals surface area contributed by atoms with Crippen LogP contribution in [0.15, 0.2) is 0 Å². The lowest BCUT2D eigenvalue weighted by Gasteiger charge is -2.35. The van der Waals surface area contributed by atoms with Crippen LogP contribution in [0.2, 0.25) is 0 Å². The van der Waals surface area contributed by atoms with Crippen molar-refractivity contribution in [3.8, 4) is 0 Å². The molecule has 2 bridgehead atoms. The van der Waals surface area contributed by atoms with Crippen molar-refractivity contribution in [1.29, 1.82) is 0 Å². The first-order valence-corrected chi connectivity index (χ1v) is 8.27. The van der Waals surface area contributed by atoms with E-state index in [1.54, 1.807) is 7.11 Å². The number of piperidine rings is 2. The maximum Gasteiger partial charge on any atom is 0.222 e. The molecule has 0 aromatic carbocycles. The Morgan fingerprint density at radius 1 is 1.20 bits per heavy atom. The Kier molecular flexibility index (Phi) is 4.61. The zero-order valence-electron chi connectivity index (χ0n) is 12.6. The zero-order valence-corrected chi connectivity index (χ0v) is 12.6. The summed E-state index contributed by atoms with van der Waals surface area (Å²) < 4.78 is 5.25. The molecule has 3 saturated heterocycles. The molecule has 3 fully saturated rings. The van der Waals surface area contributed by atoms with Crippen molar-refractivity contribution in [1.82, 2.24) is 10.2 Å². The van der Waals surface area contributed by atoms with Gasteiger partial charge in [0.2, 0.25) is 5.91 Å². The Hall–Kier alpha value is -0.610. The number of carbonyl (C=O) groups is 1. The highest BCUT2D eigenvalue weighted by molar-refractivity contribution is 5.76. The average Bonchev–Trinajstić information content (AvgIpc) is 2.79. The van der Waals surface area contributed by atoms with Crippen LogP contribution in [0.5, 0.6) is 0 Å². The smallest absolute Gasteiger partial charge is 0.222 e. The number of hydrogen-bond donors (Lipinski definition) is 1. The molecule has 1 amide bonds. The van der Waals surface area contributed by atoms with Gasteiger partial charge in [-0.1, -0.05) is 0 Å². The fourth-order valence-electron chi connectivity index (χ4n) is 4.38. The van der Waals surface area contributed by atoms with Crippen LogP contribution >= 0.6 is 0 Å². The molecule has 0 aliphatic carbocycles. The number of amides is 1. The molecule has 3 aliphatic heterocycles. The van der Waals surface area contributed by atoms with Crippen molar-refractivity contribution in [2.24, 2.45) is 11.8 Å². The minimum atomic E-state index is 0.386. The van der Waals surface area contributed by atoms with Gasteiger partial charge < -0.3 is 15.0 Å². The van der Waals surface area contributed by atoms with Gasteiger partial charge in [0.1, 0.15) is 0 Å². The average molecular weight is 280 g/mol. The lowest BCUT2D eigenvalue weighted by atomic mass is 9.88. The largest absolute Gasteiger partial charge is 0.384 e. The monoisotopic (exact) mass is 280 g/mol. The van der Waals surface area contributed by atoms with Gasteiger partial charge in [-0.15, -0.1) is 0 Å². The van der Waals surface area contributed by atoms with Crippen molar-refractivity contribution in [2.75, 3.05) is 26.8 Å². The van der Waals surface area contributed by atoms with Crippen molar-refractivity contribution in [3.05, 3.63) is 0 Å². The molecule has 20 heavy (non-hydrogen) atoms. The third-order valence-corrected chi connectivity index (χ3v) is 5.31. The van der Waals surface area contributed by atoms with E-state index in [2.05, 4.69) is 10.2 Å². The molecule has 3 aliphatic rings. The molecule has 0 spiro atoms. The van der Waals surface area contributed by atoms with Gasteiger partial charge in [0.05, 0.1) is 6.61 Å². The summed E-state index contributed by atoms with van der Waals surface area (Å²) >= 11 is 0. The number of nitrogens with one attached hydrogen (secondary N) is 1. The molecule has 3 heterocycles. The number of rotatable bonds is 4. The fraction of sp³-hybridized carbons (Fsp3) is 0.938. The second-order valence-electron chi connectivity index (χ2n) is 6.98. The quantitative estimate of drug-likeness (QED) is 0.853. The van der Waals surface area contributed by atoms with Crippen molar-refractivity contribution in [3.63, 3.8) is 0 Å². The van der Waals surface area contributed by atoms with Crippen LogP contribution in [0.3, 0.4) is 0 Å². The SMILES string of the molecule is COCC1CCCN(C(=O)CC2CC3CCC(C2)N3)C1. The summed E-state index contributed by atoms with van der Waals surface area (Å²) in [7, 11) is 1.76. The van der Waals surface area contributed by atoms with E-state index in [-0.39, 0.29) is 0 Å². The first-order chi connectivity index (χ1) is 9.74. The summed E-state index contributed by atoms with van der Waals surface area (Å²) in [6.07, 6.45) is 8.15. The van der Waals surface area contributed by atoms with E-state index in [0.29, 0.717) is 29.8 Å². The summed E-state index contributed by atoms with van der Waals surface area (Å²) in [5.74, 6) is 1.54. The number of fused-ring (bicyclic) bond motifs is 2. The first-order valence-electron chi connectivity index (χ1n) is 8.27. The van der Waals surface area contributed by atoms with Crippen LogP contribution in [-0.2, 0) is 9.53 Å². The van der Waals surface area contributed by atoms with Gasteiger partial charge in [-0.2, -0.15) is 0 Å². The zero-order chi connectivity index (χ0) is 13.9. The lowest BCUT2D eigenvalue weighted by Crippen LogP contribution is -2.44. The summed E-state index contributed by atoms with van der Waals surface area (Å²) in [6, 6.07) is 1.38. The molecule has 0 aromatic rings. The van der Waals surface area contributed by atoms with Gasteiger partial charge >= 0.3 is 0 Å². The minimum Gasteiger partial charge on any atom is -0.384 e. The van der Waals surface area contributed by atoms with E-state index in [0.717, 1.165) is 32.5 Å². The maximum absolute atomic E-state index is 12.5. The fourth-order valence-corrected chi connectivity index (χ4v) is 4.38. The van der Waals surface area contributed by atoms with Crippen LogP contribution in [0.4, 0.5) is 0 Å². The topological polar surface area (TPSA) is 41.6 Å². The number of methoxy groups -OCH3 is 1. The third-order valence-electron chi connectivity index (χ3n) is 5.31. The second-order valence-corrected chi connectivity index (χ2v) is 6.98. The number of nitrogens with zero attached hydrogens (tertiary/aromatic N) is 1. The van der Waals surface area contributed by atoms with Crippen molar-refractivity contribution >= 4 is 5.91 Å². The maximum atomic E-state index is 12.5. The van der Waals surface area contributed by atoms with Crippen molar-refractivity contribution in [2.45, 2.75) is 57.0 Å². The first kappa shape index (κ1) is 14.3. The Balaban J connectivity index is 1.48. The lowest BCUT2D eigenvalue weighted by molar-refractivity contribution is -0.134. The third kappa shape index (κ3) is 3.34. The van der Waals surface area contributed by atoms with Crippen LogP contribution in [-0.4, -0.2) is 49.7 Å². The van der Waals surface area contributed by atoms with Gasteiger partial charge in [0, 0.05) is 38.7 Å². The number of carbonyl (C=O) groups excluding carboxylic acids is 1. The van der Waals surface area contributed by atoms with Gasteiger partial charge in [-0.05, 0) is 50.4 Å². The Bertz CT molecular complexity index is 333. The molecule has 3 atom stereocenters. The summed E-state index contributed by atoms with van der Waals surface area (Å²) in [5.41, 5.74) is 0. The van der Waals surface area contributed by atoms with Gasteiger partial charge in [0.25, 0.3) is 0 Å². The predicted octanol–water partition coefficient (Wildman–Crippen LogP) is 1.79. The van der Waals surface area contributed by atoms with E-state index in [9.17, 15) is 4.79 Å². The highest BCUT2D eigenvalue weighted by Gasteiger charge is 2.35. The number of ether oxygens (including phenoxy) is 1. The predicted molar refractivity (Wildman–Crippen MR) is 78.5 cm³/mol. The van der Waals surface area contributed by atoms with Crippen molar-refractivity contribution < 1.29 is 9.53 Å². The van der Waals surface area contributed by atoms with Gasteiger partial charge in [-0.25, -0.2) is 0 Å². The highest BCUT2D eigenvalue weighted by atomic mass is 16.5. The van der Waals surface area contributed by atoms with E-state index >= 15 is 0 Å². The van der Waals surface area contributed by atoms with E-state index in [1.165, 1.54) is 32.1 Å². The molecule has 3 rings (SSSR count). The van der Waals surface area contributed by atoms with E-state index in [4.69, 9.17) is 4.74 Å². The standard InChI is InChI=1S/C16H28N2O2/c1-20-11-12-3-2-6-18(10-12)16(19)9-13-7-14-4-5-15(8-13)17-14/h12-15,17H,2-11H2,1H3. The second kappa shape index (κ2) is 6.44. The molecular weight excluding hydrogens is 252 g/mol. The summed E-state index contributed by atoms with van der Waals surface area (Å²) in [5, 5.41) is 3.66. The Morgan fingerprint density at radius 2 is 1.95 bits per heavy atom. The van der Waals surface area contributed by atoms with Crippen LogP contribution in [0, 0.1) is 11.8 Å². The van der Waals surface area contributed by atoms with Crippen LogP contribution in [0.1, 0.15) is 44.9 Å². The molecule has 4 nitrogen and oxygen atoms in total. The van der Waals surface area contributed by atoms with E-state index < -0.39 is 0 Å². The van der Waals surface area contributed by atoms with Gasteiger partial charge in [-0.3, -0.25) is 4.79 Å². The molecule has 1 N–H and O–H groups in total. The Morgan fingerprint density at radius 3 is 2.65 bits per heavy atom. The van der Waals surface area contributed by atoms with Crippen LogP contribution < -0.4 is 5.32 Å². The van der Waals surface area contributed by atoms with Gasteiger partial charge in [0.15, 0.2) is 0 Å². The van der Waals surface area contributed by atoms with E-state index in [1.807, 2.05) is 0 Å². The molecule has 0 aromatic heterocycles. The Labute approximate surface area is 122 Å². The number of likely N-dealkylation sites (tertiary alicyclic amines) is 1. The molecule has 4 heteroatoms. The summed E-state index contributed by atoms with van der Waals surface area (Å²) in [4.78, 5) is 14.6. The highest BCUT2D eigenvalue weighted by Crippen LogP contribution is 2.33. The summed E-state index contributed by atoms with van der Waals surface area (Å²) in [6.45, 7) is 2.66. The number of hydrogen-bond acceptors (Lipinski definition) is 3. The van der Waals surface area contributed by atoms with Crippen LogP contribution in [0.25, 0.3) is 0 Å². The molecular formula is C16H28N2O2. The molecule has 3 unspecified atom stereocenters. The normalized spacial score (nSPS) is 37.1. The minimum absolute atomic E-state index is 0.386. The molecule has 0 radical (unpaired) electrons.